The van der Waals surface area contributed by atoms with Gasteiger partial charge in [-0.15, -0.1) is 0 Å². The quantitative estimate of drug-likeness (QED) is 0.920. The Hall–Kier alpha value is -2.64. The van der Waals surface area contributed by atoms with Gasteiger partial charge in [0.15, 0.2) is 0 Å². The number of benzene rings is 1. The number of amides is 2. The summed E-state index contributed by atoms with van der Waals surface area (Å²) < 4.78 is 9.40. The number of carbonyl (C=O) groups excluding carboxylic acids is 2. The SMILES string of the molecule is COC(=O)N1CCCC[C@@H]1C(=O)NCc1ccc2nonc2c1. The Labute approximate surface area is 132 Å². The van der Waals surface area contributed by atoms with Gasteiger partial charge in [0.05, 0.1) is 7.11 Å². The summed E-state index contributed by atoms with van der Waals surface area (Å²) in [4.78, 5) is 25.7. The van der Waals surface area contributed by atoms with Crippen LogP contribution in [0.15, 0.2) is 22.8 Å². The van der Waals surface area contributed by atoms with Gasteiger partial charge in [-0.1, -0.05) is 6.07 Å². The van der Waals surface area contributed by atoms with Gasteiger partial charge in [-0.2, -0.15) is 0 Å². The first-order valence-corrected chi connectivity index (χ1v) is 7.52. The molecule has 0 bridgehead atoms. The van der Waals surface area contributed by atoms with Crippen molar-refractivity contribution in [1.82, 2.24) is 20.5 Å². The molecule has 2 heterocycles. The van der Waals surface area contributed by atoms with Crippen molar-refractivity contribution in [2.24, 2.45) is 0 Å². The van der Waals surface area contributed by atoms with Crippen molar-refractivity contribution >= 4 is 23.0 Å². The van der Waals surface area contributed by atoms with Crippen molar-refractivity contribution in [3.8, 4) is 0 Å². The van der Waals surface area contributed by atoms with Crippen molar-refractivity contribution in [1.29, 1.82) is 0 Å². The molecule has 2 aromatic rings. The van der Waals surface area contributed by atoms with Crippen LogP contribution < -0.4 is 5.32 Å². The van der Waals surface area contributed by atoms with E-state index < -0.39 is 12.1 Å². The second-order valence-corrected chi connectivity index (χ2v) is 5.48. The van der Waals surface area contributed by atoms with E-state index in [1.165, 1.54) is 12.0 Å². The Morgan fingerprint density at radius 2 is 2.17 bits per heavy atom. The Balaban J connectivity index is 1.64. The van der Waals surface area contributed by atoms with Crippen molar-refractivity contribution in [3.05, 3.63) is 23.8 Å². The van der Waals surface area contributed by atoms with Gasteiger partial charge in [0.2, 0.25) is 5.91 Å². The number of hydrogen-bond acceptors (Lipinski definition) is 6. The molecule has 0 aliphatic carbocycles. The number of methoxy groups -OCH3 is 1. The van der Waals surface area contributed by atoms with E-state index >= 15 is 0 Å². The van der Waals surface area contributed by atoms with Crippen LogP contribution in [0.25, 0.3) is 11.0 Å². The Morgan fingerprint density at radius 3 is 3.00 bits per heavy atom. The van der Waals surface area contributed by atoms with Gasteiger partial charge in [-0.3, -0.25) is 9.69 Å². The van der Waals surface area contributed by atoms with Crippen molar-refractivity contribution < 1.29 is 19.0 Å². The molecular weight excluding hydrogens is 300 g/mol. The molecule has 3 rings (SSSR count). The van der Waals surface area contributed by atoms with Gasteiger partial charge in [0, 0.05) is 13.1 Å². The van der Waals surface area contributed by atoms with Crippen LogP contribution >= 0.6 is 0 Å². The highest BCUT2D eigenvalue weighted by Crippen LogP contribution is 2.18. The third-order valence-corrected chi connectivity index (χ3v) is 4.00. The van der Waals surface area contributed by atoms with Crippen molar-refractivity contribution in [2.45, 2.75) is 31.8 Å². The molecule has 8 nitrogen and oxygen atoms in total. The zero-order valence-electron chi connectivity index (χ0n) is 12.8. The number of fused-ring (bicyclic) bond motifs is 1. The minimum absolute atomic E-state index is 0.173. The summed E-state index contributed by atoms with van der Waals surface area (Å²) in [6.45, 7) is 0.897. The van der Waals surface area contributed by atoms with E-state index in [4.69, 9.17) is 4.74 Å². The number of aromatic nitrogens is 2. The maximum Gasteiger partial charge on any atom is 0.410 e. The van der Waals surface area contributed by atoms with E-state index in [1.54, 1.807) is 6.07 Å². The fourth-order valence-corrected chi connectivity index (χ4v) is 2.78. The summed E-state index contributed by atoms with van der Waals surface area (Å²) in [5, 5.41) is 10.4. The van der Waals surface area contributed by atoms with Crippen molar-refractivity contribution in [2.75, 3.05) is 13.7 Å². The Kier molecular flexibility index (Phi) is 4.40. The van der Waals surface area contributed by atoms with Crippen LogP contribution in [0.4, 0.5) is 4.79 Å². The highest BCUT2D eigenvalue weighted by atomic mass is 16.6. The number of piperidine rings is 1. The molecule has 0 spiro atoms. The van der Waals surface area contributed by atoms with Gasteiger partial charge >= 0.3 is 6.09 Å². The van der Waals surface area contributed by atoms with Crippen LogP contribution in [0.1, 0.15) is 24.8 Å². The first kappa shape index (κ1) is 15.3. The molecule has 0 unspecified atom stereocenters. The van der Waals surface area contributed by atoms with E-state index in [2.05, 4.69) is 20.3 Å². The first-order chi connectivity index (χ1) is 11.2. The summed E-state index contributed by atoms with van der Waals surface area (Å²) in [5.41, 5.74) is 2.21. The monoisotopic (exact) mass is 318 g/mol. The summed E-state index contributed by atoms with van der Waals surface area (Å²) in [6.07, 6.45) is 1.99. The fourth-order valence-electron chi connectivity index (χ4n) is 2.78. The van der Waals surface area contributed by atoms with Crippen LogP contribution in [0, 0.1) is 0 Å². The molecule has 1 N–H and O–H groups in total. The number of likely N-dealkylation sites (tertiary alicyclic amines) is 1. The number of nitrogens with one attached hydrogen (secondary N) is 1. The number of nitrogens with zero attached hydrogens (tertiary/aromatic N) is 3. The smallest absolute Gasteiger partial charge is 0.410 e. The second kappa shape index (κ2) is 6.64. The minimum atomic E-state index is -0.478. The molecule has 0 radical (unpaired) electrons. The highest BCUT2D eigenvalue weighted by molar-refractivity contribution is 5.86. The molecule has 1 aliphatic heterocycles. The average molecular weight is 318 g/mol. The second-order valence-electron chi connectivity index (χ2n) is 5.48. The predicted octanol–water partition coefficient (Wildman–Crippen LogP) is 1.46. The topological polar surface area (TPSA) is 97.6 Å². The molecule has 1 fully saturated rings. The van der Waals surface area contributed by atoms with Crippen LogP contribution in [-0.4, -0.2) is 46.9 Å². The number of rotatable bonds is 3. The van der Waals surface area contributed by atoms with E-state index in [9.17, 15) is 9.59 Å². The molecule has 1 atom stereocenters. The van der Waals surface area contributed by atoms with Crippen molar-refractivity contribution in [3.63, 3.8) is 0 Å². The van der Waals surface area contributed by atoms with Gasteiger partial charge in [0.25, 0.3) is 0 Å². The zero-order valence-corrected chi connectivity index (χ0v) is 12.8. The largest absolute Gasteiger partial charge is 0.453 e. The molecule has 1 aliphatic rings. The van der Waals surface area contributed by atoms with E-state index in [1.807, 2.05) is 12.1 Å². The molecular formula is C15H18N4O4. The molecule has 23 heavy (non-hydrogen) atoms. The number of hydrogen-bond donors (Lipinski definition) is 1. The maximum absolute atomic E-state index is 12.4. The van der Waals surface area contributed by atoms with Crippen LogP contribution in [0.3, 0.4) is 0 Å². The minimum Gasteiger partial charge on any atom is -0.453 e. The summed E-state index contributed by atoms with van der Waals surface area (Å²) in [5.74, 6) is -0.173. The number of ether oxygens (including phenoxy) is 1. The lowest BCUT2D eigenvalue weighted by atomic mass is 10.0. The number of carbonyl (C=O) groups is 2. The highest BCUT2D eigenvalue weighted by Gasteiger charge is 2.32. The first-order valence-electron chi connectivity index (χ1n) is 7.52. The van der Waals surface area contributed by atoms with Crippen LogP contribution in [-0.2, 0) is 16.1 Å². The van der Waals surface area contributed by atoms with E-state index in [-0.39, 0.29) is 5.91 Å². The van der Waals surface area contributed by atoms with Gasteiger partial charge < -0.3 is 10.1 Å². The zero-order chi connectivity index (χ0) is 16.2. The molecule has 8 heteroatoms. The summed E-state index contributed by atoms with van der Waals surface area (Å²) >= 11 is 0. The molecule has 1 aromatic heterocycles. The third-order valence-electron chi connectivity index (χ3n) is 4.00. The standard InChI is InChI=1S/C15H18N4O4/c1-22-15(21)19-7-3-2-4-13(19)14(20)16-9-10-5-6-11-12(8-10)18-23-17-11/h5-6,8,13H,2-4,7,9H2,1H3,(H,16,20)/t13-/m1/s1. The van der Waals surface area contributed by atoms with Gasteiger partial charge in [-0.25, -0.2) is 9.42 Å². The lowest BCUT2D eigenvalue weighted by Gasteiger charge is -2.33. The van der Waals surface area contributed by atoms with Crippen LogP contribution in [0.5, 0.6) is 0 Å². The molecule has 1 saturated heterocycles. The normalized spacial score (nSPS) is 18.0. The summed E-state index contributed by atoms with van der Waals surface area (Å²) in [6, 6.07) is 4.97. The summed E-state index contributed by atoms with van der Waals surface area (Å²) in [7, 11) is 1.33. The Bertz CT molecular complexity index is 714. The fraction of sp³-hybridized carbons (Fsp3) is 0.467. The maximum atomic E-state index is 12.4. The molecule has 0 saturated carbocycles. The van der Waals surface area contributed by atoms with Gasteiger partial charge in [0.1, 0.15) is 17.1 Å². The average Bonchev–Trinajstić information content (AvgIpc) is 3.06. The molecule has 122 valence electrons. The molecule has 1 aromatic carbocycles. The predicted molar refractivity (Wildman–Crippen MR) is 80.4 cm³/mol. The van der Waals surface area contributed by atoms with E-state index in [0.29, 0.717) is 30.5 Å². The van der Waals surface area contributed by atoms with Crippen LogP contribution in [0.2, 0.25) is 0 Å². The van der Waals surface area contributed by atoms with Gasteiger partial charge in [-0.05, 0) is 47.3 Å². The lowest BCUT2D eigenvalue weighted by Crippen LogP contribution is -2.51. The lowest BCUT2D eigenvalue weighted by molar-refractivity contribution is -0.127. The third kappa shape index (κ3) is 3.25. The molecule has 2 amide bonds. The van der Waals surface area contributed by atoms with E-state index in [0.717, 1.165) is 18.4 Å². The Morgan fingerprint density at radius 1 is 1.35 bits per heavy atom.